The molecule has 0 unspecified atom stereocenters. The molecule has 2 aliphatic heterocycles. The first-order chi connectivity index (χ1) is 17.8. The summed E-state index contributed by atoms with van der Waals surface area (Å²) in [6.07, 6.45) is 6.31. The average molecular weight is 509 g/mol. The van der Waals surface area contributed by atoms with Crippen LogP contribution in [0.4, 0.5) is 14.6 Å². The molecular weight excluding hydrogens is 478 g/mol. The molecule has 1 aromatic carbocycles. The van der Waals surface area contributed by atoms with Gasteiger partial charge in [0.1, 0.15) is 11.9 Å². The third kappa shape index (κ3) is 4.58. The molecule has 2 N–H and O–H groups in total. The predicted octanol–water partition coefficient (Wildman–Crippen LogP) is 4.43. The van der Waals surface area contributed by atoms with Crippen molar-refractivity contribution in [3.05, 3.63) is 42.5 Å². The minimum absolute atomic E-state index is 0.0646. The molecule has 0 amide bonds. The van der Waals surface area contributed by atoms with E-state index in [-0.39, 0.29) is 41.1 Å². The number of fused-ring (bicyclic) bond motifs is 2. The third-order valence-electron chi connectivity index (χ3n) is 7.85. The highest BCUT2D eigenvalue weighted by Crippen LogP contribution is 2.42. The molecule has 3 fully saturated rings. The lowest BCUT2D eigenvalue weighted by Crippen LogP contribution is -2.67. The number of alkyl halides is 1. The first-order valence-electron chi connectivity index (χ1n) is 12.8. The predicted molar refractivity (Wildman–Crippen MR) is 135 cm³/mol. The molecule has 6 rings (SSSR count). The van der Waals surface area contributed by atoms with E-state index in [0.29, 0.717) is 28.9 Å². The van der Waals surface area contributed by atoms with E-state index in [1.165, 1.54) is 19.2 Å². The van der Waals surface area contributed by atoms with Gasteiger partial charge in [-0.1, -0.05) is 6.07 Å². The van der Waals surface area contributed by atoms with Crippen molar-refractivity contribution in [2.45, 2.75) is 75.3 Å². The fourth-order valence-corrected chi connectivity index (χ4v) is 5.93. The first kappa shape index (κ1) is 24.0. The number of methoxy groups -OCH3 is 1. The van der Waals surface area contributed by atoms with Gasteiger partial charge in [0.15, 0.2) is 11.6 Å². The van der Waals surface area contributed by atoms with Gasteiger partial charge < -0.3 is 20.1 Å². The molecule has 0 spiro atoms. The van der Waals surface area contributed by atoms with Crippen LogP contribution in [0.1, 0.15) is 45.4 Å². The number of halogens is 2. The summed E-state index contributed by atoms with van der Waals surface area (Å²) in [6.45, 7) is 2.19. The van der Waals surface area contributed by atoms with Gasteiger partial charge in [-0.2, -0.15) is 9.37 Å². The number of phenols is 1. The summed E-state index contributed by atoms with van der Waals surface area (Å²) in [7, 11) is 1.41. The summed E-state index contributed by atoms with van der Waals surface area (Å²) in [4.78, 5) is 10.2. The Hall–Kier alpha value is -3.40. The molecule has 2 aromatic heterocycles. The van der Waals surface area contributed by atoms with E-state index >= 15 is 4.39 Å². The van der Waals surface area contributed by atoms with Gasteiger partial charge in [0.25, 0.3) is 0 Å². The molecule has 1 saturated carbocycles. The van der Waals surface area contributed by atoms with Crippen molar-refractivity contribution in [3.8, 4) is 34.1 Å². The van der Waals surface area contributed by atoms with Crippen molar-refractivity contribution in [1.82, 2.24) is 25.5 Å². The summed E-state index contributed by atoms with van der Waals surface area (Å²) < 4.78 is 34.5. The van der Waals surface area contributed by atoms with Crippen molar-refractivity contribution in [2.75, 3.05) is 12.0 Å². The van der Waals surface area contributed by atoms with Crippen LogP contribution in [-0.4, -0.2) is 62.2 Å². The van der Waals surface area contributed by atoms with Crippen molar-refractivity contribution in [3.63, 3.8) is 0 Å². The molecule has 3 aliphatic rings. The van der Waals surface area contributed by atoms with Gasteiger partial charge in [0.05, 0.1) is 24.9 Å². The number of aromatic hydroxyl groups is 1. The Balaban J connectivity index is 1.27. The average Bonchev–Trinajstić information content (AvgIpc) is 3.72. The zero-order valence-electron chi connectivity index (χ0n) is 20.9. The topological polar surface area (TPSA) is 96.3 Å². The van der Waals surface area contributed by atoms with E-state index in [1.54, 1.807) is 24.4 Å². The Morgan fingerprint density at radius 2 is 1.97 bits per heavy atom. The highest BCUT2D eigenvalue weighted by atomic mass is 19.1. The molecule has 37 heavy (non-hydrogen) atoms. The maximum Gasteiger partial charge on any atom is 0.216 e. The zero-order chi connectivity index (χ0) is 25.7. The molecular formula is C27H30F2N6O2. The van der Waals surface area contributed by atoms with Gasteiger partial charge in [-0.25, -0.2) is 9.37 Å². The summed E-state index contributed by atoms with van der Waals surface area (Å²) in [5, 5.41) is 23.0. The Morgan fingerprint density at radius 3 is 2.68 bits per heavy atom. The van der Waals surface area contributed by atoms with E-state index < -0.39 is 12.1 Å². The SMILES string of the molecule is COc1cc(-c2ccc(-c3ncc(N(C4CC4)[C@@H]4C[C@@]5(C)CCC[C@@H](N5)[C@@H]4F)nn3)c(O)c2)cc(F)n1. The van der Waals surface area contributed by atoms with E-state index in [0.717, 1.165) is 32.1 Å². The minimum atomic E-state index is -0.983. The van der Waals surface area contributed by atoms with Crippen LogP contribution >= 0.6 is 0 Å². The van der Waals surface area contributed by atoms with Gasteiger partial charge in [0.2, 0.25) is 11.8 Å². The highest BCUT2D eigenvalue weighted by Gasteiger charge is 2.50. The maximum atomic E-state index is 15.6. The van der Waals surface area contributed by atoms with Crippen LogP contribution in [0.25, 0.3) is 22.5 Å². The van der Waals surface area contributed by atoms with Crippen LogP contribution < -0.4 is 15.0 Å². The normalized spacial score (nSPS) is 27.1. The van der Waals surface area contributed by atoms with Crippen LogP contribution in [0.5, 0.6) is 11.6 Å². The second-order valence-corrected chi connectivity index (χ2v) is 10.7. The number of hydrogen-bond acceptors (Lipinski definition) is 8. The fraction of sp³-hybridized carbons (Fsp3) is 0.481. The summed E-state index contributed by atoms with van der Waals surface area (Å²) >= 11 is 0. The van der Waals surface area contributed by atoms with Crippen molar-refractivity contribution in [2.24, 2.45) is 0 Å². The van der Waals surface area contributed by atoms with E-state index in [4.69, 9.17) is 4.74 Å². The van der Waals surface area contributed by atoms with Gasteiger partial charge >= 0.3 is 0 Å². The number of nitrogens with one attached hydrogen (secondary N) is 1. The standard InChI is InChI=1S/C27H30F2N6O2/c1-27-9-3-4-19(32-27)25(29)20(13-27)35(17-6-7-17)23-14-30-26(34-33-23)18-8-5-15(10-21(18)36)16-11-22(28)31-24(12-16)37-2/h5,8,10-12,14,17,19-20,25,32,36H,3-4,6-7,9,13H2,1-2H3/t19-,20-,25+,27-/m1/s1. The number of phenolic OH excluding ortho intramolecular Hbond substituents is 1. The molecule has 4 heterocycles. The minimum Gasteiger partial charge on any atom is -0.507 e. The van der Waals surface area contributed by atoms with Crippen LogP contribution in [0, 0.1) is 5.95 Å². The maximum absolute atomic E-state index is 15.6. The van der Waals surface area contributed by atoms with Gasteiger partial charge in [-0.3, -0.25) is 0 Å². The third-order valence-corrected chi connectivity index (χ3v) is 7.85. The lowest BCUT2D eigenvalue weighted by atomic mass is 9.74. The number of nitrogens with zero attached hydrogens (tertiary/aromatic N) is 5. The Morgan fingerprint density at radius 1 is 1.14 bits per heavy atom. The number of anilines is 1. The van der Waals surface area contributed by atoms with Crippen LogP contribution in [-0.2, 0) is 0 Å². The highest BCUT2D eigenvalue weighted by molar-refractivity contribution is 5.73. The van der Waals surface area contributed by atoms with E-state index in [1.807, 2.05) is 0 Å². The first-order valence-corrected chi connectivity index (χ1v) is 12.8. The fourth-order valence-electron chi connectivity index (χ4n) is 5.93. The van der Waals surface area contributed by atoms with Gasteiger partial charge in [-0.15, -0.1) is 10.2 Å². The Kier molecular flexibility index (Phi) is 5.94. The van der Waals surface area contributed by atoms with Crippen LogP contribution in [0.15, 0.2) is 36.5 Å². The monoisotopic (exact) mass is 508 g/mol. The van der Waals surface area contributed by atoms with Crippen molar-refractivity contribution < 1.29 is 18.6 Å². The van der Waals surface area contributed by atoms with E-state index in [9.17, 15) is 9.50 Å². The number of piperidine rings is 2. The molecule has 3 aromatic rings. The summed E-state index contributed by atoms with van der Waals surface area (Å²) in [6, 6.07) is 7.61. The summed E-state index contributed by atoms with van der Waals surface area (Å²) in [5.74, 6) is 0.225. The lowest BCUT2D eigenvalue weighted by Gasteiger charge is -2.52. The number of pyridine rings is 1. The van der Waals surface area contributed by atoms with E-state index in [2.05, 4.69) is 37.3 Å². The number of rotatable bonds is 6. The molecule has 194 valence electrons. The molecule has 8 nitrogen and oxygen atoms in total. The van der Waals surface area contributed by atoms with Crippen LogP contribution in [0.2, 0.25) is 0 Å². The summed E-state index contributed by atoms with van der Waals surface area (Å²) in [5.41, 5.74) is 1.43. The van der Waals surface area contributed by atoms with Crippen molar-refractivity contribution >= 4 is 5.82 Å². The molecule has 1 aliphatic carbocycles. The van der Waals surface area contributed by atoms with Gasteiger partial charge in [0, 0.05) is 29.8 Å². The molecule has 4 atom stereocenters. The molecule has 0 radical (unpaired) electrons. The molecule has 10 heteroatoms. The number of ether oxygens (including phenoxy) is 1. The number of aromatic nitrogens is 4. The van der Waals surface area contributed by atoms with Crippen LogP contribution in [0.3, 0.4) is 0 Å². The second kappa shape index (κ2) is 9.16. The lowest BCUT2D eigenvalue weighted by molar-refractivity contribution is 0.0584. The number of hydrogen-bond donors (Lipinski definition) is 2. The zero-order valence-corrected chi connectivity index (χ0v) is 20.9. The largest absolute Gasteiger partial charge is 0.507 e. The van der Waals surface area contributed by atoms with Crippen molar-refractivity contribution in [1.29, 1.82) is 0 Å². The molecule has 2 bridgehead atoms. The Labute approximate surface area is 214 Å². The second-order valence-electron chi connectivity index (χ2n) is 10.7. The Bertz CT molecular complexity index is 1300. The quantitative estimate of drug-likeness (QED) is 0.472. The molecule has 2 saturated heterocycles. The number of benzene rings is 1. The van der Waals surface area contributed by atoms with Gasteiger partial charge in [-0.05, 0) is 68.7 Å². The smallest absolute Gasteiger partial charge is 0.216 e.